The summed E-state index contributed by atoms with van der Waals surface area (Å²) >= 11 is 6.10. The predicted molar refractivity (Wildman–Crippen MR) is 83.2 cm³/mol. The Morgan fingerprint density at radius 1 is 1.32 bits per heavy atom. The lowest BCUT2D eigenvalue weighted by Crippen LogP contribution is -2.29. The Kier molecular flexibility index (Phi) is 3.91. The number of aromatic nitrogens is 2. The highest BCUT2D eigenvalue weighted by Gasteiger charge is 2.31. The van der Waals surface area contributed by atoms with Crippen LogP contribution in [0.15, 0.2) is 16.7 Å². The minimum atomic E-state index is 0.0380. The van der Waals surface area contributed by atoms with Crippen molar-refractivity contribution in [3.05, 3.63) is 45.6 Å². The SMILES string of the molecule is Cc1noc(C2CCN(C(=O)c3cc(C)c(Cl)cc3C)C2)n1. The normalized spacial score (nSPS) is 18.0. The second-order valence-corrected chi connectivity index (χ2v) is 6.24. The highest BCUT2D eigenvalue weighted by atomic mass is 35.5. The highest BCUT2D eigenvalue weighted by Crippen LogP contribution is 2.28. The summed E-state index contributed by atoms with van der Waals surface area (Å²) in [4.78, 5) is 18.8. The molecule has 22 heavy (non-hydrogen) atoms. The average Bonchev–Trinajstić information content (AvgIpc) is 3.10. The monoisotopic (exact) mass is 319 g/mol. The number of halogens is 1. The fraction of sp³-hybridized carbons (Fsp3) is 0.438. The van der Waals surface area contributed by atoms with Gasteiger partial charge in [0.25, 0.3) is 5.91 Å². The number of nitrogens with zero attached hydrogens (tertiary/aromatic N) is 3. The Balaban J connectivity index is 1.78. The van der Waals surface area contributed by atoms with E-state index in [1.54, 1.807) is 6.92 Å². The minimum absolute atomic E-state index is 0.0380. The maximum Gasteiger partial charge on any atom is 0.254 e. The van der Waals surface area contributed by atoms with Gasteiger partial charge in [0.2, 0.25) is 5.89 Å². The predicted octanol–water partition coefficient (Wildman–Crippen LogP) is 3.28. The summed E-state index contributed by atoms with van der Waals surface area (Å²) in [6.07, 6.45) is 0.846. The summed E-state index contributed by atoms with van der Waals surface area (Å²) in [6.45, 7) is 6.93. The third-order valence-electron chi connectivity index (χ3n) is 4.10. The number of benzene rings is 1. The number of aryl methyl sites for hydroxylation is 3. The Morgan fingerprint density at radius 3 is 2.77 bits per heavy atom. The van der Waals surface area contributed by atoms with Crippen molar-refractivity contribution >= 4 is 17.5 Å². The quantitative estimate of drug-likeness (QED) is 0.852. The second-order valence-electron chi connectivity index (χ2n) is 5.83. The molecule has 1 amide bonds. The van der Waals surface area contributed by atoms with Crippen LogP contribution in [0.1, 0.15) is 45.5 Å². The van der Waals surface area contributed by atoms with Gasteiger partial charge < -0.3 is 9.42 Å². The van der Waals surface area contributed by atoms with Gasteiger partial charge in [-0.2, -0.15) is 4.98 Å². The Labute approximate surface area is 134 Å². The van der Waals surface area contributed by atoms with E-state index in [9.17, 15) is 4.79 Å². The molecule has 1 saturated heterocycles. The zero-order valence-corrected chi connectivity index (χ0v) is 13.6. The van der Waals surface area contributed by atoms with Gasteiger partial charge in [-0.3, -0.25) is 4.79 Å². The molecule has 0 aliphatic carbocycles. The lowest BCUT2D eigenvalue weighted by molar-refractivity contribution is 0.0789. The molecule has 1 aromatic carbocycles. The summed E-state index contributed by atoms with van der Waals surface area (Å²) in [7, 11) is 0. The molecular formula is C16H18ClN3O2. The van der Waals surface area contributed by atoms with Crippen LogP contribution in [0.25, 0.3) is 0 Å². The first-order valence-corrected chi connectivity index (χ1v) is 7.69. The summed E-state index contributed by atoms with van der Waals surface area (Å²) in [5.74, 6) is 1.41. The molecule has 1 aliphatic rings. The van der Waals surface area contributed by atoms with Crippen molar-refractivity contribution in [1.29, 1.82) is 0 Å². The maximum atomic E-state index is 12.7. The molecule has 0 bridgehead atoms. The van der Waals surface area contributed by atoms with E-state index in [2.05, 4.69) is 10.1 Å². The minimum Gasteiger partial charge on any atom is -0.339 e. The molecule has 1 atom stereocenters. The van der Waals surface area contributed by atoms with Crippen LogP contribution in [0.2, 0.25) is 5.02 Å². The van der Waals surface area contributed by atoms with E-state index < -0.39 is 0 Å². The third-order valence-corrected chi connectivity index (χ3v) is 4.51. The number of hydrogen-bond donors (Lipinski definition) is 0. The first-order chi connectivity index (χ1) is 10.5. The van der Waals surface area contributed by atoms with Crippen molar-refractivity contribution in [2.75, 3.05) is 13.1 Å². The van der Waals surface area contributed by atoms with E-state index in [1.165, 1.54) is 0 Å². The first-order valence-electron chi connectivity index (χ1n) is 7.32. The number of carbonyl (C=O) groups excluding carboxylic acids is 1. The average molecular weight is 320 g/mol. The molecule has 3 rings (SSSR count). The van der Waals surface area contributed by atoms with Crippen molar-refractivity contribution < 1.29 is 9.32 Å². The summed E-state index contributed by atoms with van der Waals surface area (Å²) < 4.78 is 5.22. The molecule has 0 saturated carbocycles. The van der Waals surface area contributed by atoms with Crippen molar-refractivity contribution in [2.45, 2.75) is 33.1 Å². The number of likely N-dealkylation sites (tertiary alicyclic amines) is 1. The second kappa shape index (κ2) is 5.72. The number of hydrogen-bond acceptors (Lipinski definition) is 4. The smallest absolute Gasteiger partial charge is 0.254 e. The van der Waals surface area contributed by atoms with Gasteiger partial charge in [0, 0.05) is 23.7 Å². The molecule has 1 unspecified atom stereocenters. The van der Waals surface area contributed by atoms with E-state index in [-0.39, 0.29) is 11.8 Å². The molecule has 0 N–H and O–H groups in total. The Bertz CT molecular complexity index is 726. The Morgan fingerprint density at radius 2 is 2.09 bits per heavy atom. The van der Waals surface area contributed by atoms with Crippen LogP contribution in [0.3, 0.4) is 0 Å². The maximum absolute atomic E-state index is 12.7. The molecule has 1 fully saturated rings. The van der Waals surface area contributed by atoms with Crippen molar-refractivity contribution in [2.24, 2.45) is 0 Å². The van der Waals surface area contributed by atoms with Crippen molar-refractivity contribution in [3.8, 4) is 0 Å². The molecule has 0 spiro atoms. The first kappa shape index (κ1) is 15.0. The van der Waals surface area contributed by atoms with Crippen LogP contribution in [0, 0.1) is 20.8 Å². The molecule has 1 aliphatic heterocycles. The fourth-order valence-corrected chi connectivity index (χ4v) is 3.03. The van der Waals surface area contributed by atoms with E-state index in [1.807, 2.05) is 30.9 Å². The lowest BCUT2D eigenvalue weighted by atomic mass is 10.0. The fourth-order valence-electron chi connectivity index (χ4n) is 2.81. The van der Waals surface area contributed by atoms with Crippen LogP contribution in [0.4, 0.5) is 0 Å². The molecule has 5 nitrogen and oxygen atoms in total. The zero-order chi connectivity index (χ0) is 15.9. The molecule has 1 aromatic heterocycles. The summed E-state index contributed by atoms with van der Waals surface area (Å²) in [5, 5.41) is 4.51. The van der Waals surface area contributed by atoms with E-state index >= 15 is 0 Å². The Hall–Kier alpha value is -1.88. The number of rotatable bonds is 2. The van der Waals surface area contributed by atoms with Gasteiger partial charge in [0.15, 0.2) is 5.82 Å². The van der Waals surface area contributed by atoms with Gasteiger partial charge in [0.1, 0.15) is 0 Å². The van der Waals surface area contributed by atoms with Crippen LogP contribution >= 0.6 is 11.6 Å². The number of amides is 1. The van der Waals surface area contributed by atoms with Gasteiger partial charge in [-0.15, -0.1) is 0 Å². The van der Waals surface area contributed by atoms with E-state index in [0.717, 1.165) is 17.5 Å². The molecule has 2 aromatic rings. The molecule has 2 heterocycles. The summed E-state index contributed by atoms with van der Waals surface area (Å²) in [5.41, 5.74) is 2.53. The van der Waals surface area contributed by atoms with E-state index in [4.69, 9.17) is 16.1 Å². The molecule has 0 radical (unpaired) electrons. The van der Waals surface area contributed by atoms with Gasteiger partial charge >= 0.3 is 0 Å². The molecule has 6 heteroatoms. The standard InChI is InChI=1S/C16H18ClN3O2/c1-9-7-14(17)10(2)6-13(9)16(21)20-5-4-12(8-20)15-18-11(3)19-22-15/h6-7,12H,4-5,8H2,1-3H3. The van der Waals surface area contributed by atoms with Crippen LogP contribution < -0.4 is 0 Å². The van der Waals surface area contributed by atoms with Gasteiger partial charge in [-0.1, -0.05) is 16.8 Å². The largest absolute Gasteiger partial charge is 0.339 e. The summed E-state index contributed by atoms with van der Waals surface area (Å²) in [6, 6.07) is 3.71. The number of carbonyl (C=O) groups is 1. The van der Waals surface area contributed by atoms with Crippen LogP contribution in [0.5, 0.6) is 0 Å². The third kappa shape index (κ3) is 2.73. The van der Waals surface area contributed by atoms with Crippen LogP contribution in [-0.4, -0.2) is 34.0 Å². The van der Waals surface area contributed by atoms with Crippen molar-refractivity contribution in [3.63, 3.8) is 0 Å². The van der Waals surface area contributed by atoms with E-state index in [0.29, 0.717) is 35.4 Å². The zero-order valence-electron chi connectivity index (χ0n) is 12.9. The van der Waals surface area contributed by atoms with Gasteiger partial charge in [-0.25, -0.2) is 0 Å². The van der Waals surface area contributed by atoms with Gasteiger partial charge in [-0.05, 0) is 50.5 Å². The highest BCUT2D eigenvalue weighted by molar-refractivity contribution is 6.31. The van der Waals surface area contributed by atoms with Crippen molar-refractivity contribution in [1.82, 2.24) is 15.0 Å². The van der Waals surface area contributed by atoms with Gasteiger partial charge in [0.05, 0.1) is 5.92 Å². The topological polar surface area (TPSA) is 59.2 Å². The lowest BCUT2D eigenvalue weighted by Gasteiger charge is -2.18. The van der Waals surface area contributed by atoms with Crippen LogP contribution in [-0.2, 0) is 0 Å². The molecule has 116 valence electrons. The molecular weight excluding hydrogens is 302 g/mol.